The molecule has 0 amide bonds. The lowest BCUT2D eigenvalue weighted by Gasteiger charge is -2.29. The number of benzene rings is 1. The number of likely N-dealkylation sites (tertiary alicyclic amines) is 1. The summed E-state index contributed by atoms with van der Waals surface area (Å²) in [6, 6.07) is 8.71. The molecular formula is C14H22N2O. The Labute approximate surface area is 103 Å². The topological polar surface area (TPSA) is 35.5 Å². The van der Waals surface area contributed by atoms with E-state index in [9.17, 15) is 5.11 Å². The van der Waals surface area contributed by atoms with E-state index >= 15 is 0 Å². The van der Waals surface area contributed by atoms with Crippen molar-refractivity contribution in [3.63, 3.8) is 0 Å². The fourth-order valence-corrected chi connectivity index (χ4v) is 2.35. The summed E-state index contributed by atoms with van der Waals surface area (Å²) in [6.07, 6.45) is 2.44. The molecule has 0 aliphatic carbocycles. The third-order valence-corrected chi connectivity index (χ3v) is 3.59. The van der Waals surface area contributed by atoms with Gasteiger partial charge in [-0.25, -0.2) is 0 Å². The van der Waals surface area contributed by atoms with Gasteiger partial charge in [-0.1, -0.05) is 24.3 Å². The summed E-state index contributed by atoms with van der Waals surface area (Å²) in [5, 5.41) is 12.9. The standard InChI is InChI=1S/C14H22N2O/c1-16-8-6-14(7-9-16)15-10-12-4-2-3-5-13(12)11-17/h2-5,14-15,17H,6-11H2,1H3. The fourth-order valence-electron chi connectivity index (χ4n) is 2.35. The van der Waals surface area contributed by atoms with Crippen LogP contribution in [0.4, 0.5) is 0 Å². The Balaban J connectivity index is 1.85. The zero-order valence-electron chi connectivity index (χ0n) is 10.5. The van der Waals surface area contributed by atoms with Gasteiger partial charge in [0.2, 0.25) is 0 Å². The maximum Gasteiger partial charge on any atom is 0.0685 e. The second-order valence-electron chi connectivity index (χ2n) is 4.89. The first-order valence-electron chi connectivity index (χ1n) is 6.39. The predicted octanol–water partition coefficient (Wildman–Crippen LogP) is 1.36. The Morgan fingerprint density at radius 1 is 1.24 bits per heavy atom. The number of hydrogen-bond acceptors (Lipinski definition) is 3. The van der Waals surface area contributed by atoms with Gasteiger partial charge in [-0.15, -0.1) is 0 Å². The van der Waals surface area contributed by atoms with Gasteiger partial charge in [-0.2, -0.15) is 0 Å². The van der Waals surface area contributed by atoms with Gasteiger partial charge in [0.1, 0.15) is 0 Å². The van der Waals surface area contributed by atoms with Crippen molar-refractivity contribution in [3.05, 3.63) is 35.4 Å². The second-order valence-corrected chi connectivity index (χ2v) is 4.89. The molecule has 0 aromatic heterocycles. The summed E-state index contributed by atoms with van der Waals surface area (Å²) in [6.45, 7) is 3.36. The van der Waals surface area contributed by atoms with Crippen LogP contribution in [-0.2, 0) is 13.2 Å². The van der Waals surface area contributed by atoms with Crippen LogP contribution in [-0.4, -0.2) is 36.2 Å². The van der Waals surface area contributed by atoms with E-state index < -0.39 is 0 Å². The number of aliphatic hydroxyl groups excluding tert-OH is 1. The highest BCUT2D eigenvalue weighted by molar-refractivity contribution is 5.26. The minimum atomic E-state index is 0.130. The summed E-state index contributed by atoms with van der Waals surface area (Å²) in [4.78, 5) is 2.37. The molecule has 1 aromatic rings. The van der Waals surface area contributed by atoms with Crippen LogP contribution in [0.15, 0.2) is 24.3 Å². The zero-order chi connectivity index (χ0) is 12.1. The lowest BCUT2D eigenvalue weighted by Crippen LogP contribution is -2.40. The van der Waals surface area contributed by atoms with Crippen molar-refractivity contribution < 1.29 is 5.11 Å². The average Bonchev–Trinajstić information content (AvgIpc) is 2.38. The van der Waals surface area contributed by atoms with Crippen LogP contribution in [0.3, 0.4) is 0 Å². The minimum absolute atomic E-state index is 0.130. The number of rotatable bonds is 4. The highest BCUT2D eigenvalue weighted by Gasteiger charge is 2.15. The van der Waals surface area contributed by atoms with Gasteiger partial charge < -0.3 is 15.3 Å². The lowest BCUT2D eigenvalue weighted by molar-refractivity contribution is 0.233. The first kappa shape index (κ1) is 12.6. The number of aliphatic hydroxyl groups is 1. The van der Waals surface area contributed by atoms with Gasteiger partial charge in [0, 0.05) is 12.6 Å². The molecule has 0 radical (unpaired) electrons. The van der Waals surface area contributed by atoms with Crippen LogP contribution in [0.1, 0.15) is 24.0 Å². The summed E-state index contributed by atoms with van der Waals surface area (Å²) in [7, 11) is 2.18. The molecule has 1 saturated heterocycles. The smallest absolute Gasteiger partial charge is 0.0685 e. The molecule has 2 N–H and O–H groups in total. The van der Waals surface area contributed by atoms with Gasteiger partial charge in [0.25, 0.3) is 0 Å². The number of hydrogen-bond donors (Lipinski definition) is 2. The molecule has 3 nitrogen and oxygen atoms in total. The van der Waals surface area contributed by atoms with Gasteiger partial charge in [0.05, 0.1) is 6.61 Å². The number of nitrogens with one attached hydrogen (secondary N) is 1. The van der Waals surface area contributed by atoms with Gasteiger partial charge in [0.15, 0.2) is 0 Å². The second kappa shape index (κ2) is 6.15. The van der Waals surface area contributed by atoms with Gasteiger partial charge >= 0.3 is 0 Å². The van der Waals surface area contributed by atoms with E-state index in [0.29, 0.717) is 6.04 Å². The molecule has 0 saturated carbocycles. The average molecular weight is 234 g/mol. The van der Waals surface area contributed by atoms with Crippen molar-refractivity contribution >= 4 is 0 Å². The van der Waals surface area contributed by atoms with E-state index in [1.54, 1.807) is 0 Å². The van der Waals surface area contributed by atoms with E-state index in [0.717, 1.165) is 12.1 Å². The Bertz CT molecular complexity index is 346. The number of nitrogens with zero attached hydrogens (tertiary/aromatic N) is 1. The zero-order valence-corrected chi connectivity index (χ0v) is 10.5. The molecule has 94 valence electrons. The van der Waals surface area contributed by atoms with E-state index in [4.69, 9.17) is 0 Å². The van der Waals surface area contributed by atoms with Gasteiger partial charge in [-0.05, 0) is 44.1 Å². The highest BCUT2D eigenvalue weighted by atomic mass is 16.3. The molecule has 1 aliphatic rings. The molecule has 1 heterocycles. The number of piperidine rings is 1. The van der Waals surface area contributed by atoms with Crippen molar-refractivity contribution in [2.45, 2.75) is 32.0 Å². The molecule has 0 unspecified atom stereocenters. The third-order valence-electron chi connectivity index (χ3n) is 3.59. The monoisotopic (exact) mass is 234 g/mol. The Morgan fingerprint density at radius 2 is 1.88 bits per heavy atom. The Kier molecular flexibility index (Phi) is 4.54. The summed E-state index contributed by atoms with van der Waals surface area (Å²) in [5.74, 6) is 0. The maximum atomic E-state index is 9.26. The predicted molar refractivity (Wildman–Crippen MR) is 69.7 cm³/mol. The lowest BCUT2D eigenvalue weighted by atomic mass is 10.0. The van der Waals surface area contributed by atoms with Crippen LogP contribution in [0.2, 0.25) is 0 Å². The molecule has 3 heteroatoms. The van der Waals surface area contributed by atoms with Crippen molar-refractivity contribution in [2.75, 3.05) is 20.1 Å². The molecule has 0 spiro atoms. The van der Waals surface area contributed by atoms with Crippen LogP contribution in [0, 0.1) is 0 Å². The maximum absolute atomic E-state index is 9.26. The molecule has 0 bridgehead atoms. The van der Waals surface area contributed by atoms with Crippen LogP contribution >= 0.6 is 0 Å². The van der Waals surface area contributed by atoms with Crippen molar-refractivity contribution in [3.8, 4) is 0 Å². The summed E-state index contributed by atoms with van der Waals surface area (Å²) in [5.41, 5.74) is 2.25. The van der Waals surface area contributed by atoms with Crippen LogP contribution in [0.25, 0.3) is 0 Å². The van der Waals surface area contributed by atoms with Crippen molar-refractivity contribution in [1.82, 2.24) is 10.2 Å². The van der Waals surface area contributed by atoms with E-state index in [-0.39, 0.29) is 6.61 Å². The molecule has 2 rings (SSSR count). The molecule has 17 heavy (non-hydrogen) atoms. The van der Waals surface area contributed by atoms with E-state index in [2.05, 4.69) is 23.3 Å². The van der Waals surface area contributed by atoms with Crippen molar-refractivity contribution in [2.24, 2.45) is 0 Å². The third kappa shape index (κ3) is 3.53. The molecule has 1 aromatic carbocycles. The minimum Gasteiger partial charge on any atom is -0.392 e. The highest BCUT2D eigenvalue weighted by Crippen LogP contribution is 2.12. The van der Waals surface area contributed by atoms with E-state index in [1.165, 1.54) is 31.5 Å². The Morgan fingerprint density at radius 3 is 2.53 bits per heavy atom. The van der Waals surface area contributed by atoms with Crippen LogP contribution < -0.4 is 5.32 Å². The molecule has 1 fully saturated rings. The molecular weight excluding hydrogens is 212 g/mol. The SMILES string of the molecule is CN1CCC(NCc2ccccc2CO)CC1. The fraction of sp³-hybridized carbons (Fsp3) is 0.571. The summed E-state index contributed by atoms with van der Waals surface area (Å²) < 4.78 is 0. The first-order valence-corrected chi connectivity index (χ1v) is 6.39. The normalized spacial score (nSPS) is 18.5. The summed E-state index contributed by atoms with van der Waals surface area (Å²) >= 11 is 0. The van der Waals surface area contributed by atoms with Gasteiger partial charge in [-0.3, -0.25) is 0 Å². The molecule has 0 atom stereocenters. The van der Waals surface area contributed by atoms with Crippen molar-refractivity contribution in [1.29, 1.82) is 0 Å². The molecule has 1 aliphatic heterocycles. The van der Waals surface area contributed by atoms with Crippen LogP contribution in [0.5, 0.6) is 0 Å². The largest absolute Gasteiger partial charge is 0.392 e. The quantitative estimate of drug-likeness (QED) is 0.826. The Hall–Kier alpha value is -0.900. The van der Waals surface area contributed by atoms with E-state index in [1.807, 2.05) is 18.2 Å². The first-order chi connectivity index (χ1) is 8.29.